The molecule has 1 aromatic heterocycles. The number of nitrogens with one attached hydrogen (secondary N) is 1. The minimum Gasteiger partial charge on any atom is -0.325 e. The van der Waals surface area contributed by atoms with Gasteiger partial charge in [-0.1, -0.05) is 71.9 Å². The first-order valence-corrected chi connectivity index (χ1v) is 12.4. The first-order valence-electron chi connectivity index (χ1n) is 11.1. The number of allylic oxidation sites excluding steroid dienone is 2. The minimum atomic E-state index is -0.288. The molecular weight excluding hydrogens is 494 g/mol. The standard InChI is InChI=1S/C28H22ClN3O3S/c1-2-16-32-27(35)22-11-4-6-13-24(22)31-28(32)36-18-26(34)30-21-10-7-9-20(17-21)25(33)15-14-19-8-3-5-12-23(19)29/h2-15,17H,1,16,18H2,(H,30,34)/b15-14+. The average Bonchev–Trinajstić information content (AvgIpc) is 2.89. The van der Waals surface area contributed by atoms with Gasteiger partial charge in [0.1, 0.15) is 0 Å². The molecule has 0 aliphatic heterocycles. The molecule has 0 aliphatic carbocycles. The third-order valence-corrected chi connectivity index (χ3v) is 6.54. The van der Waals surface area contributed by atoms with E-state index in [0.29, 0.717) is 32.3 Å². The van der Waals surface area contributed by atoms with Gasteiger partial charge in [0.25, 0.3) is 5.56 Å². The number of hydrogen-bond acceptors (Lipinski definition) is 5. The molecule has 1 heterocycles. The molecule has 8 heteroatoms. The Balaban J connectivity index is 1.44. The van der Waals surface area contributed by atoms with Gasteiger partial charge in [-0.25, -0.2) is 4.98 Å². The van der Waals surface area contributed by atoms with Crippen molar-refractivity contribution in [2.45, 2.75) is 11.7 Å². The van der Waals surface area contributed by atoms with Crippen molar-refractivity contribution in [2.24, 2.45) is 0 Å². The highest BCUT2D eigenvalue weighted by molar-refractivity contribution is 7.99. The predicted octanol–water partition coefficient (Wildman–Crippen LogP) is 5.86. The van der Waals surface area contributed by atoms with Crippen molar-refractivity contribution in [3.63, 3.8) is 0 Å². The van der Waals surface area contributed by atoms with E-state index in [0.717, 1.165) is 17.3 Å². The first kappa shape index (κ1) is 25.2. The van der Waals surface area contributed by atoms with Crippen LogP contribution in [0, 0.1) is 0 Å². The molecule has 4 aromatic rings. The Labute approximate surface area is 217 Å². The average molecular weight is 516 g/mol. The van der Waals surface area contributed by atoms with Crippen molar-refractivity contribution in [1.82, 2.24) is 9.55 Å². The molecule has 0 radical (unpaired) electrons. The Kier molecular flexibility index (Phi) is 8.15. The number of nitrogens with zero attached hydrogens (tertiary/aromatic N) is 2. The lowest BCUT2D eigenvalue weighted by atomic mass is 10.1. The maximum absolute atomic E-state index is 12.9. The van der Waals surface area contributed by atoms with Gasteiger partial charge in [0.2, 0.25) is 5.91 Å². The van der Waals surface area contributed by atoms with Crippen molar-refractivity contribution < 1.29 is 9.59 Å². The molecule has 1 amide bonds. The van der Waals surface area contributed by atoms with Crippen LogP contribution in [0.25, 0.3) is 17.0 Å². The zero-order valence-electron chi connectivity index (χ0n) is 19.2. The van der Waals surface area contributed by atoms with Gasteiger partial charge >= 0.3 is 0 Å². The van der Waals surface area contributed by atoms with Crippen molar-refractivity contribution in [3.8, 4) is 0 Å². The van der Waals surface area contributed by atoms with Gasteiger partial charge in [0.05, 0.1) is 16.7 Å². The van der Waals surface area contributed by atoms with Crippen LogP contribution in [0.3, 0.4) is 0 Å². The molecule has 0 spiro atoms. The van der Waals surface area contributed by atoms with Crippen LogP contribution in [0.2, 0.25) is 5.02 Å². The second-order valence-corrected chi connectivity index (χ2v) is 9.10. The monoisotopic (exact) mass is 515 g/mol. The fraction of sp³-hybridized carbons (Fsp3) is 0.0714. The van der Waals surface area contributed by atoms with Gasteiger partial charge in [-0.15, -0.1) is 6.58 Å². The maximum Gasteiger partial charge on any atom is 0.262 e. The summed E-state index contributed by atoms with van der Waals surface area (Å²) >= 11 is 7.30. The van der Waals surface area contributed by atoms with E-state index in [4.69, 9.17) is 11.6 Å². The lowest BCUT2D eigenvalue weighted by molar-refractivity contribution is -0.113. The summed E-state index contributed by atoms with van der Waals surface area (Å²) < 4.78 is 1.50. The molecule has 3 aromatic carbocycles. The molecule has 0 saturated carbocycles. The SMILES string of the molecule is C=CCn1c(SCC(=O)Nc2cccc(C(=O)/C=C/c3ccccc3Cl)c2)nc2ccccc2c1=O. The molecule has 0 fully saturated rings. The number of anilines is 1. The van der Waals surface area contributed by atoms with Gasteiger partial charge < -0.3 is 5.32 Å². The highest BCUT2D eigenvalue weighted by atomic mass is 35.5. The molecule has 36 heavy (non-hydrogen) atoms. The lowest BCUT2D eigenvalue weighted by Crippen LogP contribution is -2.23. The third-order valence-electron chi connectivity index (χ3n) is 5.22. The number of hydrogen-bond donors (Lipinski definition) is 1. The third kappa shape index (κ3) is 6.00. The van der Waals surface area contributed by atoms with Crippen LogP contribution in [-0.4, -0.2) is 27.0 Å². The number of fused-ring (bicyclic) bond motifs is 1. The van der Waals surface area contributed by atoms with E-state index < -0.39 is 0 Å². The maximum atomic E-state index is 12.9. The van der Waals surface area contributed by atoms with E-state index in [2.05, 4.69) is 16.9 Å². The van der Waals surface area contributed by atoms with E-state index in [1.807, 2.05) is 24.3 Å². The fourth-order valence-electron chi connectivity index (χ4n) is 3.50. The normalized spacial score (nSPS) is 11.0. The van der Waals surface area contributed by atoms with Crippen LogP contribution in [0.1, 0.15) is 15.9 Å². The highest BCUT2D eigenvalue weighted by Crippen LogP contribution is 2.20. The number of benzene rings is 3. The number of carbonyl (C=O) groups excluding carboxylic acids is 2. The smallest absolute Gasteiger partial charge is 0.262 e. The van der Waals surface area contributed by atoms with Crippen LogP contribution in [-0.2, 0) is 11.3 Å². The fourth-order valence-corrected chi connectivity index (χ4v) is 4.50. The van der Waals surface area contributed by atoms with E-state index in [-0.39, 0.29) is 29.5 Å². The zero-order chi connectivity index (χ0) is 25.5. The van der Waals surface area contributed by atoms with Crippen molar-refractivity contribution in [2.75, 3.05) is 11.1 Å². The summed E-state index contributed by atoms with van der Waals surface area (Å²) in [5.74, 6) is -0.468. The second kappa shape index (κ2) is 11.7. The molecule has 0 unspecified atom stereocenters. The Morgan fingerprint density at radius 3 is 2.64 bits per heavy atom. The summed E-state index contributed by atoms with van der Waals surface area (Å²) in [6, 6.07) is 21.0. The van der Waals surface area contributed by atoms with Gasteiger partial charge in [-0.05, 0) is 48.0 Å². The number of carbonyl (C=O) groups is 2. The van der Waals surface area contributed by atoms with Crippen LogP contribution < -0.4 is 10.9 Å². The van der Waals surface area contributed by atoms with E-state index in [1.165, 1.54) is 10.6 Å². The van der Waals surface area contributed by atoms with Crippen molar-refractivity contribution in [1.29, 1.82) is 0 Å². The second-order valence-electron chi connectivity index (χ2n) is 7.75. The number of aromatic nitrogens is 2. The predicted molar refractivity (Wildman–Crippen MR) is 147 cm³/mol. The number of amides is 1. The lowest BCUT2D eigenvalue weighted by Gasteiger charge is -2.11. The van der Waals surface area contributed by atoms with Gasteiger partial charge in [0, 0.05) is 22.8 Å². The van der Waals surface area contributed by atoms with E-state index in [9.17, 15) is 14.4 Å². The largest absolute Gasteiger partial charge is 0.325 e. The van der Waals surface area contributed by atoms with Gasteiger partial charge in [-0.3, -0.25) is 19.0 Å². The molecule has 1 N–H and O–H groups in total. The van der Waals surface area contributed by atoms with Crippen LogP contribution in [0.4, 0.5) is 5.69 Å². The molecule has 0 saturated heterocycles. The number of halogens is 1. The number of para-hydroxylation sites is 1. The first-order chi connectivity index (χ1) is 17.5. The van der Waals surface area contributed by atoms with Gasteiger partial charge in [-0.2, -0.15) is 0 Å². The van der Waals surface area contributed by atoms with Crippen LogP contribution >= 0.6 is 23.4 Å². The molecule has 0 atom stereocenters. The van der Waals surface area contributed by atoms with Crippen LogP contribution in [0.15, 0.2) is 101 Å². The van der Waals surface area contributed by atoms with Crippen molar-refractivity contribution in [3.05, 3.63) is 118 Å². The molecule has 180 valence electrons. The van der Waals surface area contributed by atoms with Crippen molar-refractivity contribution >= 4 is 57.7 Å². The van der Waals surface area contributed by atoms with Gasteiger partial charge in [0.15, 0.2) is 10.9 Å². The minimum absolute atomic E-state index is 0.0342. The molecular formula is C28H22ClN3O3S. The number of thioether (sulfide) groups is 1. The quantitative estimate of drug-likeness (QED) is 0.0992. The Morgan fingerprint density at radius 1 is 1.06 bits per heavy atom. The van der Waals surface area contributed by atoms with E-state index >= 15 is 0 Å². The number of rotatable bonds is 9. The zero-order valence-corrected chi connectivity index (χ0v) is 20.8. The summed E-state index contributed by atoms with van der Waals surface area (Å²) in [5, 5.41) is 4.30. The Morgan fingerprint density at radius 2 is 1.83 bits per heavy atom. The molecule has 0 aliphatic rings. The molecule has 4 rings (SSSR count). The summed E-state index contributed by atoms with van der Waals surface area (Å²) in [6.07, 6.45) is 4.72. The Bertz CT molecular complexity index is 1540. The Hall–Kier alpha value is -3.94. The topological polar surface area (TPSA) is 81.1 Å². The molecule has 6 nitrogen and oxygen atoms in total. The summed E-state index contributed by atoms with van der Waals surface area (Å²) in [6.45, 7) is 4.00. The summed E-state index contributed by atoms with van der Waals surface area (Å²) in [5.41, 5.74) is 2.06. The van der Waals surface area contributed by atoms with Crippen LogP contribution in [0.5, 0.6) is 0 Å². The number of ketones is 1. The molecule has 0 bridgehead atoms. The summed E-state index contributed by atoms with van der Waals surface area (Å²) in [7, 11) is 0. The summed E-state index contributed by atoms with van der Waals surface area (Å²) in [4.78, 5) is 42.7. The van der Waals surface area contributed by atoms with E-state index in [1.54, 1.807) is 60.7 Å². The highest BCUT2D eigenvalue weighted by Gasteiger charge is 2.13.